The van der Waals surface area contributed by atoms with Gasteiger partial charge in [0, 0.05) is 25.3 Å². The number of carbonyl (C=O) groups is 1. The van der Waals surface area contributed by atoms with E-state index in [1.807, 2.05) is 24.3 Å². The van der Waals surface area contributed by atoms with Crippen molar-refractivity contribution in [2.24, 2.45) is 0 Å². The SMILES string of the molecule is COc1ccc(OC(C)C(=O)Nc2ccc(CN3CCOCC3)cc2)cc1. The highest BCUT2D eigenvalue weighted by Crippen LogP contribution is 2.19. The highest BCUT2D eigenvalue weighted by molar-refractivity contribution is 5.94. The fourth-order valence-corrected chi connectivity index (χ4v) is 2.87. The maximum Gasteiger partial charge on any atom is 0.265 e. The van der Waals surface area contributed by atoms with Gasteiger partial charge in [-0.25, -0.2) is 0 Å². The Morgan fingerprint density at radius 2 is 1.70 bits per heavy atom. The van der Waals surface area contributed by atoms with Crippen molar-refractivity contribution in [2.45, 2.75) is 19.6 Å². The van der Waals surface area contributed by atoms with E-state index in [0.717, 1.165) is 44.3 Å². The fraction of sp³-hybridized carbons (Fsp3) is 0.381. The fourth-order valence-electron chi connectivity index (χ4n) is 2.87. The van der Waals surface area contributed by atoms with Crippen LogP contribution in [0.25, 0.3) is 0 Å². The number of hydrogen-bond donors (Lipinski definition) is 1. The van der Waals surface area contributed by atoms with E-state index in [1.165, 1.54) is 5.56 Å². The Hall–Kier alpha value is -2.57. The molecule has 1 aliphatic heterocycles. The zero-order valence-corrected chi connectivity index (χ0v) is 15.8. The molecule has 0 spiro atoms. The number of morpholine rings is 1. The predicted molar refractivity (Wildman–Crippen MR) is 104 cm³/mol. The maximum absolute atomic E-state index is 12.4. The molecule has 6 nitrogen and oxygen atoms in total. The van der Waals surface area contributed by atoms with Crippen LogP contribution in [0.1, 0.15) is 12.5 Å². The van der Waals surface area contributed by atoms with Crippen LogP contribution in [0.2, 0.25) is 0 Å². The molecule has 0 bridgehead atoms. The third-order valence-corrected chi connectivity index (χ3v) is 4.47. The molecule has 1 N–H and O–H groups in total. The molecular weight excluding hydrogens is 344 g/mol. The summed E-state index contributed by atoms with van der Waals surface area (Å²) < 4.78 is 16.2. The van der Waals surface area contributed by atoms with Gasteiger partial charge in [-0.1, -0.05) is 12.1 Å². The van der Waals surface area contributed by atoms with Crippen molar-refractivity contribution in [1.82, 2.24) is 4.90 Å². The number of methoxy groups -OCH3 is 1. The van der Waals surface area contributed by atoms with Crippen LogP contribution in [0.5, 0.6) is 11.5 Å². The number of ether oxygens (including phenoxy) is 3. The molecule has 0 radical (unpaired) electrons. The molecule has 144 valence electrons. The lowest BCUT2D eigenvalue weighted by atomic mass is 10.2. The summed E-state index contributed by atoms with van der Waals surface area (Å²) in [7, 11) is 1.61. The lowest BCUT2D eigenvalue weighted by molar-refractivity contribution is -0.122. The van der Waals surface area contributed by atoms with Gasteiger partial charge in [-0.3, -0.25) is 9.69 Å². The van der Waals surface area contributed by atoms with Gasteiger partial charge in [0.15, 0.2) is 6.10 Å². The number of nitrogens with one attached hydrogen (secondary N) is 1. The van der Waals surface area contributed by atoms with Gasteiger partial charge >= 0.3 is 0 Å². The van der Waals surface area contributed by atoms with Crippen LogP contribution in [0.3, 0.4) is 0 Å². The molecule has 2 aromatic rings. The average Bonchev–Trinajstić information content (AvgIpc) is 2.71. The van der Waals surface area contributed by atoms with Crippen molar-refractivity contribution in [2.75, 3.05) is 38.7 Å². The van der Waals surface area contributed by atoms with E-state index in [9.17, 15) is 4.79 Å². The molecule has 1 fully saturated rings. The van der Waals surface area contributed by atoms with Crippen LogP contribution >= 0.6 is 0 Å². The minimum absolute atomic E-state index is 0.188. The Labute approximate surface area is 160 Å². The number of carbonyl (C=O) groups excluding carboxylic acids is 1. The van der Waals surface area contributed by atoms with E-state index in [4.69, 9.17) is 14.2 Å². The highest BCUT2D eigenvalue weighted by Gasteiger charge is 2.15. The second kappa shape index (κ2) is 9.39. The molecule has 0 aromatic heterocycles. The normalized spacial score (nSPS) is 15.8. The first-order chi connectivity index (χ1) is 13.1. The molecule has 1 heterocycles. The molecule has 0 aliphatic carbocycles. The Morgan fingerprint density at radius 1 is 1.07 bits per heavy atom. The molecule has 2 aromatic carbocycles. The third-order valence-electron chi connectivity index (χ3n) is 4.47. The minimum Gasteiger partial charge on any atom is -0.497 e. The number of amides is 1. The summed E-state index contributed by atoms with van der Waals surface area (Å²) in [4.78, 5) is 14.7. The van der Waals surface area contributed by atoms with Gasteiger partial charge in [0.05, 0.1) is 20.3 Å². The maximum atomic E-state index is 12.4. The summed E-state index contributed by atoms with van der Waals surface area (Å²) >= 11 is 0. The van der Waals surface area contributed by atoms with E-state index < -0.39 is 6.10 Å². The van der Waals surface area contributed by atoms with Crippen LogP contribution in [-0.2, 0) is 16.1 Å². The highest BCUT2D eigenvalue weighted by atomic mass is 16.5. The smallest absolute Gasteiger partial charge is 0.265 e. The molecule has 0 saturated carbocycles. The van der Waals surface area contributed by atoms with Crippen LogP contribution in [0, 0.1) is 0 Å². The monoisotopic (exact) mass is 370 g/mol. The third kappa shape index (κ3) is 5.70. The topological polar surface area (TPSA) is 60.0 Å². The molecule has 1 saturated heterocycles. The summed E-state index contributed by atoms with van der Waals surface area (Å²) in [5.41, 5.74) is 1.98. The second-order valence-corrected chi connectivity index (χ2v) is 6.51. The summed E-state index contributed by atoms with van der Waals surface area (Å²) in [5.74, 6) is 1.18. The first kappa shape index (κ1) is 19.2. The number of benzene rings is 2. The van der Waals surface area contributed by atoms with Crippen LogP contribution in [0.15, 0.2) is 48.5 Å². The molecule has 1 unspecified atom stereocenters. The van der Waals surface area contributed by atoms with Crippen LogP contribution < -0.4 is 14.8 Å². The largest absolute Gasteiger partial charge is 0.497 e. The van der Waals surface area contributed by atoms with Crippen molar-refractivity contribution in [3.8, 4) is 11.5 Å². The van der Waals surface area contributed by atoms with Gasteiger partial charge in [-0.2, -0.15) is 0 Å². The molecule has 1 amide bonds. The Kier molecular flexibility index (Phi) is 6.68. The number of rotatable bonds is 7. The standard InChI is InChI=1S/C21H26N2O4/c1-16(27-20-9-7-19(25-2)8-10-20)21(24)22-18-5-3-17(4-6-18)15-23-11-13-26-14-12-23/h3-10,16H,11-15H2,1-2H3,(H,22,24). The Bertz CT molecular complexity index is 725. The lowest BCUT2D eigenvalue weighted by Crippen LogP contribution is -2.35. The zero-order valence-electron chi connectivity index (χ0n) is 15.8. The minimum atomic E-state index is -0.605. The van der Waals surface area contributed by atoms with E-state index in [-0.39, 0.29) is 5.91 Å². The van der Waals surface area contributed by atoms with Gasteiger partial charge in [0.1, 0.15) is 11.5 Å². The van der Waals surface area contributed by atoms with E-state index in [2.05, 4.69) is 10.2 Å². The van der Waals surface area contributed by atoms with Crippen molar-refractivity contribution in [1.29, 1.82) is 0 Å². The van der Waals surface area contributed by atoms with Gasteiger partial charge in [-0.15, -0.1) is 0 Å². The van der Waals surface area contributed by atoms with Crippen molar-refractivity contribution in [3.63, 3.8) is 0 Å². The molecule has 6 heteroatoms. The second-order valence-electron chi connectivity index (χ2n) is 6.51. The first-order valence-corrected chi connectivity index (χ1v) is 9.14. The molecule has 3 rings (SSSR count). The van der Waals surface area contributed by atoms with Crippen molar-refractivity contribution >= 4 is 11.6 Å². The number of hydrogen-bond acceptors (Lipinski definition) is 5. The van der Waals surface area contributed by atoms with Crippen LogP contribution in [0.4, 0.5) is 5.69 Å². The Morgan fingerprint density at radius 3 is 2.33 bits per heavy atom. The molecule has 1 atom stereocenters. The van der Waals surface area contributed by atoms with E-state index in [0.29, 0.717) is 5.75 Å². The molecule has 1 aliphatic rings. The van der Waals surface area contributed by atoms with Gasteiger partial charge < -0.3 is 19.5 Å². The Balaban J connectivity index is 1.50. The van der Waals surface area contributed by atoms with E-state index in [1.54, 1.807) is 38.3 Å². The predicted octanol–water partition coefficient (Wildman–Crippen LogP) is 2.93. The van der Waals surface area contributed by atoms with Gasteiger partial charge in [-0.05, 0) is 48.9 Å². The zero-order chi connectivity index (χ0) is 19.1. The quantitative estimate of drug-likeness (QED) is 0.812. The molecule has 27 heavy (non-hydrogen) atoms. The van der Waals surface area contributed by atoms with Crippen LogP contribution in [-0.4, -0.2) is 50.3 Å². The average molecular weight is 370 g/mol. The van der Waals surface area contributed by atoms with Gasteiger partial charge in [0.2, 0.25) is 0 Å². The summed E-state index contributed by atoms with van der Waals surface area (Å²) in [5, 5.41) is 2.89. The number of anilines is 1. The lowest BCUT2D eigenvalue weighted by Gasteiger charge is -2.26. The summed E-state index contributed by atoms with van der Waals surface area (Å²) in [6.45, 7) is 6.12. The summed E-state index contributed by atoms with van der Waals surface area (Å²) in [6, 6.07) is 15.1. The first-order valence-electron chi connectivity index (χ1n) is 9.14. The summed E-state index contributed by atoms with van der Waals surface area (Å²) in [6.07, 6.45) is -0.605. The molecular formula is C21H26N2O4. The van der Waals surface area contributed by atoms with E-state index >= 15 is 0 Å². The van der Waals surface area contributed by atoms with Gasteiger partial charge in [0.25, 0.3) is 5.91 Å². The van der Waals surface area contributed by atoms with Crippen molar-refractivity contribution in [3.05, 3.63) is 54.1 Å². The number of nitrogens with zero attached hydrogens (tertiary/aromatic N) is 1. The van der Waals surface area contributed by atoms with Crippen molar-refractivity contribution < 1.29 is 19.0 Å².